The van der Waals surface area contributed by atoms with Gasteiger partial charge >= 0.3 is 0 Å². The van der Waals surface area contributed by atoms with Crippen molar-refractivity contribution in [1.29, 1.82) is 0 Å². The predicted octanol–water partition coefficient (Wildman–Crippen LogP) is 5.12. The fourth-order valence-corrected chi connectivity index (χ4v) is 3.24. The number of hydrogen-bond acceptors (Lipinski definition) is 2. The topological polar surface area (TPSA) is 17.1 Å². The van der Waals surface area contributed by atoms with E-state index in [1.54, 1.807) is 0 Å². The van der Waals surface area contributed by atoms with Crippen LogP contribution in [0.25, 0.3) is 0 Å². The van der Waals surface area contributed by atoms with E-state index in [1.165, 1.54) is 11.3 Å². The second-order valence-electron chi connectivity index (χ2n) is 3.86. The van der Waals surface area contributed by atoms with Gasteiger partial charge in [-0.05, 0) is 65.2 Å². The van der Waals surface area contributed by atoms with Crippen LogP contribution in [-0.2, 0) is 0 Å². The molecule has 0 aliphatic rings. The van der Waals surface area contributed by atoms with E-state index in [2.05, 4.69) is 31.9 Å². The van der Waals surface area contributed by atoms with Crippen LogP contribution in [0.4, 0.5) is 0 Å². The Morgan fingerprint density at radius 1 is 1.12 bits per heavy atom. The maximum Gasteiger partial charge on any atom is 0.203 e. The highest BCUT2D eigenvalue weighted by atomic mass is 79.9. The first-order chi connectivity index (χ1) is 7.99. The minimum Gasteiger partial charge on any atom is -0.288 e. The third-order valence-corrected chi connectivity index (χ3v) is 5.53. The van der Waals surface area contributed by atoms with Crippen molar-refractivity contribution < 1.29 is 4.79 Å². The van der Waals surface area contributed by atoms with Crippen molar-refractivity contribution in [2.45, 2.75) is 13.8 Å². The van der Waals surface area contributed by atoms with Crippen LogP contribution in [0.2, 0.25) is 0 Å². The highest BCUT2D eigenvalue weighted by molar-refractivity contribution is 9.11. The Kier molecular flexibility index (Phi) is 3.85. The van der Waals surface area contributed by atoms with Gasteiger partial charge in [0.1, 0.15) is 0 Å². The van der Waals surface area contributed by atoms with E-state index in [1.807, 2.05) is 38.1 Å². The molecule has 0 N–H and O–H groups in total. The number of thiophene rings is 1. The maximum absolute atomic E-state index is 12.2. The number of ketones is 1. The van der Waals surface area contributed by atoms with Crippen molar-refractivity contribution in [3.05, 3.63) is 54.1 Å². The molecule has 0 atom stereocenters. The SMILES string of the molecule is Cc1cc(C(=O)c2cc(C)c(Br)s2)ccc1Br. The van der Waals surface area contributed by atoms with E-state index in [0.29, 0.717) is 0 Å². The Hall–Kier alpha value is -0.450. The molecule has 0 radical (unpaired) electrons. The summed E-state index contributed by atoms with van der Waals surface area (Å²) < 4.78 is 2.05. The van der Waals surface area contributed by atoms with E-state index >= 15 is 0 Å². The first-order valence-corrected chi connectivity index (χ1v) is 7.46. The summed E-state index contributed by atoms with van der Waals surface area (Å²) in [6.45, 7) is 3.97. The minimum absolute atomic E-state index is 0.0828. The van der Waals surface area contributed by atoms with E-state index in [4.69, 9.17) is 0 Å². The lowest BCUT2D eigenvalue weighted by Gasteiger charge is -2.01. The average Bonchev–Trinajstić information content (AvgIpc) is 2.62. The van der Waals surface area contributed by atoms with Crippen LogP contribution >= 0.6 is 43.2 Å². The molecule has 1 aromatic heterocycles. The molecule has 1 heterocycles. The lowest BCUT2D eigenvalue weighted by atomic mass is 10.1. The molecule has 0 saturated heterocycles. The summed E-state index contributed by atoms with van der Waals surface area (Å²) in [5, 5.41) is 0. The van der Waals surface area contributed by atoms with Crippen LogP contribution in [0.3, 0.4) is 0 Å². The zero-order valence-electron chi connectivity index (χ0n) is 9.38. The van der Waals surface area contributed by atoms with E-state index in [0.717, 1.165) is 29.8 Å². The van der Waals surface area contributed by atoms with Crippen LogP contribution in [0.5, 0.6) is 0 Å². The van der Waals surface area contributed by atoms with Crippen LogP contribution in [0, 0.1) is 13.8 Å². The van der Waals surface area contributed by atoms with Gasteiger partial charge in [-0.3, -0.25) is 4.79 Å². The lowest BCUT2D eigenvalue weighted by Crippen LogP contribution is -1.98. The first kappa shape index (κ1) is 13.0. The molecule has 0 amide bonds. The summed E-state index contributed by atoms with van der Waals surface area (Å²) in [5.74, 6) is 0.0828. The molecule has 1 aromatic carbocycles. The molecule has 0 aliphatic heterocycles. The van der Waals surface area contributed by atoms with Gasteiger partial charge in [-0.1, -0.05) is 15.9 Å². The molecule has 0 bridgehead atoms. The Morgan fingerprint density at radius 3 is 2.35 bits per heavy atom. The van der Waals surface area contributed by atoms with Crippen molar-refractivity contribution in [1.82, 2.24) is 0 Å². The normalized spacial score (nSPS) is 10.6. The second-order valence-corrected chi connectivity index (χ2v) is 7.08. The molecule has 88 valence electrons. The number of hydrogen-bond donors (Lipinski definition) is 0. The van der Waals surface area contributed by atoms with Gasteiger partial charge < -0.3 is 0 Å². The molecule has 0 fully saturated rings. The van der Waals surface area contributed by atoms with Crippen molar-refractivity contribution in [2.24, 2.45) is 0 Å². The zero-order chi connectivity index (χ0) is 12.6. The molecule has 2 rings (SSSR count). The molecule has 17 heavy (non-hydrogen) atoms. The summed E-state index contributed by atoms with van der Waals surface area (Å²) in [7, 11) is 0. The first-order valence-electron chi connectivity index (χ1n) is 5.06. The fraction of sp³-hybridized carbons (Fsp3) is 0.154. The van der Waals surface area contributed by atoms with Gasteiger partial charge in [0.25, 0.3) is 0 Å². The number of aryl methyl sites for hydroxylation is 2. The minimum atomic E-state index is 0.0828. The lowest BCUT2D eigenvalue weighted by molar-refractivity contribution is 0.104. The molecule has 4 heteroatoms. The third-order valence-electron chi connectivity index (χ3n) is 2.50. The molecule has 0 unspecified atom stereocenters. The maximum atomic E-state index is 12.2. The van der Waals surface area contributed by atoms with Crippen LogP contribution in [-0.4, -0.2) is 5.78 Å². The van der Waals surface area contributed by atoms with E-state index < -0.39 is 0 Å². The van der Waals surface area contributed by atoms with Crippen molar-refractivity contribution in [3.8, 4) is 0 Å². The molecule has 1 nitrogen and oxygen atoms in total. The molecule has 2 aromatic rings. The van der Waals surface area contributed by atoms with Gasteiger partial charge in [-0.15, -0.1) is 11.3 Å². The van der Waals surface area contributed by atoms with E-state index in [-0.39, 0.29) is 5.78 Å². The molecule has 0 aliphatic carbocycles. The van der Waals surface area contributed by atoms with Crippen LogP contribution in [0.15, 0.2) is 32.5 Å². The van der Waals surface area contributed by atoms with Crippen LogP contribution in [0.1, 0.15) is 26.4 Å². The number of benzene rings is 1. The average molecular weight is 374 g/mol. The van der Waals surface area contributed by atoms with Gasteiger partial charge in [0.2, 0.25) is 5.78 Å². The largest absolute Gasteiger partial charge is 0.288 e. The quantitative estimate of drug-likeness (QED) is 0.667. The monoisotopic (exact) mass is 372 g/mol. The number of carbonyl (C=O) groups is 1. The summed E-state index contributed by atoms with van der Waals surface area (Å²) in [6, 6.07) is 7.60. The molecule has 0 spiro atoms. The Balaban J connectivity index is 2.40. The molecular formula is C13H10Br2OS. The molecular weight excluding hydrogens is 364 g/mol. The number of carbonyl (C=O) groups excluding carboxylic acids is 1. The Bertz CT molecular complexity index is 568. The Morgan fingerprint density at radius 2 is 1.82 bits per heavy atom. The predicted molar refractivity (Wildman–Crippen MR) is 79.1 cm³/mol. The van der Waals surface area contributed by atoms with Crippen molar-refractivity contribution in [3.63, 3.8) is 0 Å². The number of rotatable bonds is 2. The third kappa shape index (κ3) is 2.69. The second kappa shape index (κ2) is 5.04. The highest BCUT2D eigenvalue weighted by Gasteiger charge is 2.14. The molecule has 0 saturated carbocycles. The van der Waals surface area contributed by atoms with Crippen molar-refractivity contribution >= 4 is 49.0 Å². The fourth-order valence-electron chi connectivity index (χ4n) is 1.50. The number of halogens is 2. The summed E-state index contributed by atoms with van der Waals surface area (Å²) in [6.07, 6.45) is 0. The standard InChI is InChI=1S/C13H10Br2OS/c1-7-5-9(3-4-10(7)14)12(16)11-6-8(2)13(15)17-11/h3-6H,1-2H3. The summed E-state index contributed by atoms with van der Waals surface area (Å²) in [5.41, 5.74) is 2.91. The van der Waals surface area contributed by atoms with Crippen molar-refractivity contribution in [2.75, 3.05) is 0 Å². The summed E-state index contributed by atoms with van der Waals surface area (Å²) in [4.78, 5) is 13.0. The Labute approximate surface area is 121 Å². The van der Waals surface area contributed by atoms with Gasteiger partial charge in [0.05, 0.1) is 8.66 Å². The van der Waals surface area contributed by atoms with Gasteiger partial charge in [0, 0.05) is 10.0 Å². The van der Waals surface area contributed by atoms with Gasteiger partial charge in [0.15, 0.2) is 0 Å². The van der Waals surface area contributed by atoms with Gasteiger partial charge in [-0.25, -0.2) is 0 Å². The van der Waals surface area contributed by atoms with E-state index in [9.17, 15) is 4.79 Å². The smallest absolute Gasteiger partial charge is 0.203 e. The van der Waals surface area contributed by atoms with Gasteiger partial charge in [-0.2, -0.15) is 0 Å². The van der Waals surface area contributed by atoms with Crippen LogP contribution < -0.4 is 0 Å². The zero-order valence-corrected chi connectivity index (χ0v) is 13.4. The summed E-state index contributed by atoms with van der Waals surface area (Å²) >= 11 is 8.36. The highest BCUT2D eigenvalue weighted by Crippen LogP contribution is 2.29.